The van der Waals surface area contributed by atoms with Crippen molar-refractivity contribution in [2.75, 3.05) is 0 Å². The van der Waals surface area contributed by atoms with Crippen LogP contribution in [0.5, 0.6) is 0 Å². The summed E-state index contributed by atoms with van der Waals surface area (Å²) in [5.74, 6) is 0. The van der Waals surface area contributed by atoms with Crippen LogP contribution in [-0.2, 0) is 0 Å². The molecule has 8 nitrogen and oxygen atoms in total. The Bertz CT molecular complexity index is 1250. The van der Waals surface area contributed by atoms with Crippen molar-refractivity contribution >= 4 is 34.1 Å². The molecule has 136 valence electrons. The van der Waals surface area contributed by atoms with E-state index in [-0.39, 0.29) is 21.3 Å². The zero-order valence-electron chi connectivity index (χ0n) is 13.3. The van der Waals surface area contributed by atoms with Gasteiger partial charge in [0.2, 0.25) is 0 Å². The van der Waals surface area contributed by atoms with Crippen molar-refractivity contribution in [2.45, 2.75) is 16.7 Å². The normalized spacial score (nSPS) is 11.5. The molecular weight excluding hydrogens is 380 g/mol. The van der Waals surface area contributed by atoms with Crippen LogP contribution < -0.4 is 5.56 Å². The summed E-state index contributed by atoms with van der Waals surface area (Å²) >= 11 is 0.558. The van der Waals surface area contributed by atoms with E-state index in [0.717, 1.165) is 4.40 Å². The zero-order chi connectivity index (χ0) is 19.1. The van der Waals surface area contributed by atoms with Gasteiger partial charge in [0.1, 0.15) is 5.65 Å². The molecule has 0 aliphatic carbocycles. The van der Waals surface area contributed by atoms with Crippen LogP contribution in [-0.4, -0.2) is 23.9 Å². The third-order valence-electron chi connectivity index (χ3n) is 3.81. The first-order valence-corrected chi connectivity index (χ1v) is 8.38. The number of hydrogen-bond acceptors (Lipinski definition) is 6. The van der Waals surface area contributed by atoms with Gasteiger partial charge in [-0.1, -0.05) is 18.2 Å². The Labute approximate surface area is 153 Å². The number of halogens is 2. The number of hydrogen-bond donors (Lipinski definition) is 0. The molecular formula is C16H9F2N5O3S. The number of nitro groups is 1. The minimum atomic E-state index is -2.92. The van der Waals surface area contributed by atoms with E-state index in [1.165, 1.54) is 24.4 Å². The average molecular weight is 389 g/mol. The smallest absolute Gasteiger partial charge is 0.262 e. The molecule has 0 atom stereocenters. The molecule has 0 aliphatic rings. The van der Waals surface area contributed by atoms with Crippen molar-refractivity contribution < 1.29 is 13.7 Å². The molecule has 4 rings (SSSR count). The highest BCUT2D eigenvalue weighted by Gasteiger charge is 2.27. The number of aromatic nitrogens is 4. The summed E-state index contributed by atoms with van der Waals surface area (Å²) in [5.41, 5.74) is -1.05. The second kappa shape index (κ2) is 6.43. The minimum Gasteiger partial charge on any atom is -0.262 e. The zero-order valence-corrected chi connectivity index (χ0v) is 14.1. The Morgan fingerprint density at radius 2 is 1.85 bits per heavy atom. The van der Waals surface area contributed by atoms with Crippen LogP contribution >= 0.6 is 11.8 Å². The number of fused-ring (bicyclic) bond motifs is 2. The SMILES string of the molecule is O=c1c([N+](=O)[O-])c(Sc2nc3ccccc3n2C(F)F)nc2ccccn12. The van der Waals surface area contributed by atoms with Gasteiger partial charge >= 0.3 is 17.8 Å². The van der Waals surface area contributed by atoms with Crippen LogP contribution in [0.1, 0.15) is 6.55 Å². The maximum atomic E-state index is 13.6. The van der Waals surface area contributed by atoms with Crippen LogP contribution in [0.4, 0.5) is 14.5 Å². The first-order chi connectivity index (χ1) is 13.0. The summed E-state index contributed by atoms with van der Waals surface area (Å²) in [6.07, 6.45) is 1.35. The molecule has 0 amide bonds. The van der Waals surface area contributed by atoms with Crippen molar-refractivity contribution in [1.29, 1.82) is 0 Å². The third-order valence-corrected chi connectivity index (χ3v) is 4.76. The highest BCUT2D eigenvalue weighted by Crippen LogP contribution is 2.35. The van der Waals surface area contributed by atoms with E-state index >= 15 is 0 Å². The highest BCUT2D eigenvalue weighted by molar-refractivity contribution is 7.99. The Morgan fingerprint density at radius 3 is 2.59 bits per heavy atom. The number of alkyl halides is 2. The van der Waals surface area contributed by atoms with Gasteiger partial charge in [0, 0.05) is 6.20 Å². The lowest BCUT2D eigenvalue weighted by Gasteiger charge is -2.08. The summed E-state index contributed by atoms with van der Waals surface area (Å²) in [6.45, 7) is -2.92. The lowest BCUT2D eigenvalue weighted by atomic mass is 10.3. The van der Waals surface area contributed by atoms with Crippen LogP contribution in [0.3, 0.4) is 0 Å². The topological polar surface area (TPSA) is 95.3 Å². The lowest BCUT2D eigenvalue weighted by molar-refractivity contribution is -0.389. The van der Waals surface area contributed by atoms with Crippen LogP contribution in [0, 0.1) is 10.1 Å². The predicted molar refractivity (Wildman–Crippen MR) is 93.2 cm³/mol. The van der Waals surface area contributed by atoms with Crippen molar-refractivity contribution in [3.8, 4) is 0 Å². The summed E-state index contributed by atoms with van der Waals surface area (Å²) in [4.78, 5) is 31.2. The van der Waals surface area contributed by atoms with Gasteiger partial charge in [0.05, 0.1) is 16.0 Å². The fourth-order valence-corrected chi connectivity index (χ4v) is 3.65. The summed E-state index contributed by atoms with van der Waals surface area (Å²) in [7, 11) is 0. The molecule has 0 fully saturated rings. The predicted octanol–water partition coefficient (Wildman–Crippen LogP) is 3.50. The van der Waals surface area contributed by atoms with E-state index in [0.29, 0.717) is 21.8 Å². The molecule has 0 spiro atoms. The number of benzene rings is 1. The Kier molecular flexibility index (Phi) is 4.07. The number of rotatable bonds is 4. The molecule has 4 aromatic rings. The monoisotopic (exact) mass is 389 g/mol. The van der Waals surface area contributed by atoms with Gasteiger partial charge < -0.3 is 0 Å². The molecule has 0 aliphatic heterocycles. The van der Waals surface area contributed by atoms with Crippen LogP contribution in [0.2, 0.25) is 0 Å². The van der Waals surface area contributed by atoms with Gasteiger partial charge in [-0.05, 0) is 36.0 Å². The molecule has 0 saturated heterocycles. The minimum absolute atomic E-state index is 0.162. The quantitative estimate of drug-likeness (QED) is 0.301. The molecule has 3 aromatic heterocycles. The molecule has 27 heavy (non-hydrogen) atoms. The maximum absolute atomic E-state index is 13.6. The first-order valence-electron chi connectivity index (χ1n) is 7.56. The average Bonchev–Trinajstić information content (AvgIpc) is 2.99. The van der Waals surface area contributed by atoms with Gasteiger partial charge in [0.15, 0.2) is 10.2 Å². The van der Waals surface area contributed by atoms with Gasteiger partial charge in [-0.3, -0.25) is 23.9 Å². The number of nitrogens with zero attached hydrogens (tertiary/aromatic N) is 5. The fraction of sp³-hybridized carbons (Fsp3) is 0.0625. The first kappa shape index (κ1) is 17.1. The van der Waals surface area contributed by atoms with E-state index in [9.17, 15) is 23.7 Å². The molecule has 0 N–H and O–H groups in total. The van der Waals surface area contributed by atoms with Crippen molar-refractivity contribution in [3.05, 3.63) is 69.1 Å². The van der Waals surface area contributed by atoms with Crippen molar-refractivity contribution in [1.82, 2.24) is 18.9 Å². The number of imidazole rings is 1. The summed E-state index contributed by atoms with van der Waals surface area (Å²) < 4.78 is 28.8. The largest absolute Gasteiger partial charge is 0.366 e. The Hall–Kier alpha value is -3.34. The van der Waals surface area contributed by atoms with Gasteiger partial charge in [-0.15, -0.1) is 0 Å². The van der Waals surface area contributed by atoms with Gasteiger partial charge in [-0.2, -0.15) is 8.78 Å². The van der Waals surface area contributed by atoms with E-state index < -0.39 is 22.7 Å². The molecule has 0 unspecified atom stereocenters. The van der Waals surface area contributed by atoms with Gasteiger partial charge in [-0.25, -0.2) is 9.97 Å². The molecule has 1 aromatic carbocycles. The lowest BCUT2D eigenvalue weighted by Crippen LogP contribution is -2.19. The summed E-state index contributed by atoms with van der Waals surface area (Å²) in [6, 6.07) is 10.9. The standard InChI is InChI=1S/C16H9F2N5O3S/c17-15(18)22-10-6-2-1-5-9(10)19-16(22)27-13-12(23(25)26)14(24)21-8-4-3-7-11(21)20-13/h1-8,15H. The third kappa shape index (κ3) is 2.81. The fourth-order valence-electron chi connectivity index (χ4n) is 2.66. The van der Waals surface area contributed by atoms with Crippen molar-refractivity contribution in [2.24, 2.45) is 0 Å². The number of para-hydroxylation sites is 2. The summed E-state index contributed by atoms with van der Waals surface area (Å²) in [5, 5.41) is 10.9. The molecule has 11 heteroatoms. The highest BCUT2D eigenvalue weighted by atomic mass is 32.2. The molecule has 0 radical (unpaired) electrons. The maximum Gasteiger partial charge on any atom is 0.366 e. The second-order valence-corrected chi connectivity index (χ2v) is 6.35. The second-order valence-electron chi connectivity index (χ2n) is 5.39. The molecule has 0 saturated carbocycles. The Morgan fingerprint density at radius 1 is 1.11 bits per heavy atom. The van der Waals surface area contributed by atoms with Crippen LogP contribution in [0.25, 0.3) is 16.7 Å². The van der Waals surface area contributed by atoms with Gasteiger partial charge in [0.25, 0.3) is 0 Å². The van der Waals surface area contributed by atoms with E-state index in [1.54, 1.807) is 24.3 Å². The van der Waals surface area contributed by atoms with Crippen molar-refractivity contribution in [3.63, 3.8) is 0 Å². The molecule has 3 heterocycles. The van der Waals surface area contributed by atoms with E-state index in [2.05, 4.69) is 9.97 Å². The molecule has 0 bridgehead atoms. The van der Waals surface area contributed by atoms with E-state index in [4.69, 9.17) is 0 Å². The number of pyridine rings is 1. The van der Waals surface area contributed by atoms with E-state index in [1.807, 2.05) is 0 Å². The Balaban J connectivity index is 1.95. The van der Waals surface area contributed by atoms with Crippen LogP contribution in [0.15, 0.2) is 63.6 Å².